The molecule has 2 bridgehead atoms. The first kappa shape index (κ1) is 18.4. The molecular weight excluding hydrogens is 366 g/mol. The van der Waals surface area contributed by atoms with Crippen molar-refractivity contribution in [2.24, 2.45) is 17.6 Å². The Kier molecular flexibility index (Phi) is 4.62. The van der Waals surface area contributed by atoms with Crippen molar-refractivity contribution in [1.29, 1.82) is 0 Å². The number of nitrogens with zero attached hydrogens (tertiary/aromatic N) is 4. The first-order chi connectivity index (χ1) is 14.1. The van der Waals surface area contributed by atoms with E-state index in [1.807, 2.05) is 27.9 Å². The Morgan fingerprint density at radius 1 is 1.17 bits per heavy atom. The molecule has 2 N–H and O–H groups in total. The second-order valence-corrected chi connectivity index (χ2v) is 8.64. The van der Waals surface area contributed by atoms with E-state index in [1.165, 1.54) is 5.56 Å². The highest BCUT2D eigenvalue weighted by molar-refractivity contribution is 5.88. The molecule has 1 aromatic carbocycles. The number of carbonyl (C=O) groups is 2. The number of hydrogen-bond donors (Lipinski definition) is 1. The average molecular weight is 393 g/mol. The number of amides is 2. The first-order valence-corrected chi connectivity index (χ1v) is 10.5. The molecule has 7 nitrogen and oxygen atoms in total. The van der Waals surface area contributed by atoms with Crippen LogP contribution in [-0.2, 0) is 16.1 Å². The summed E-state index contributed by atoms with van der Waals surface area (Å²) in [5, 5.41) is 4.39. The lowest BCUT2D eigenvalue weighted by Crippen LogP contribution is -2.67. The van der Waals surface area contributed by atoms with Gasteiger partial charge in [-0.25, -0.2) is 4.68 Å². The number of rotatable bonds is 4. The van der Waals surface area contributed by atoms with Crippen molar-refractivity contribution in [1.82, 2.24) is 19.6 Å². The van der Waals surface area contributed by atoms with Gasteiger partial charge < -0.3 is 10.6 Å². The summed E-state index contributed by atoms with van der Waals surface area (Å²) >= 11 is 0. The van der Waals surface area contributed by atoms with Crippen LogP contribution in [0.1, 0.15) is 31.2 Å². The number of nitrogens with two attached hydrogens (primary N) is 1. The molecule has 0 unspecified atom stereocenters. The lowest BCUT2D eigenvalue weighted by atomic mass is 9.71. The van der Waals surface area contributed by atoms with Crippen LogP contribution in [0.15, 0.2) is 42.7 Å². The van der Waals surface area contributed by atoms with Crippen molar-refractivity contribution < 1.29 is 9.59 Å². The van der Waals surface area contributed by atoms with Gasteiger partial charge in [-0.05, 0) is 42.9 Å². The van der Waals surface area contributed by atoms with Gasteiger partial charge in [-0.2, -0.15) is 5.10 Å². The second-order valence-electron chi connectivity index (χ2n) is 8.64. The number of likely N-dealkylation sites (tertiary alicyclic amines) is 1. The molecule has 1 aromatic heterocycles. The molecule has 0 spiro atoms. The molecular formula is C22H27N5O2. The summed E-state index contributed by atoms with van der Waals surface area (Å²) < 4.78 is 1.90. The molecule has 7 heteroatoms. The molecule has 3 aliphatic heterocycles. The molecule has 152 valence electrons. The Morgan fingerprint density at radius 2 is 2.00 bits per heavy atom. The van der Waals surface area contributed by atoms with Crippen molar-refractivity contribution >= 4 is 11.8 Å². The molecule has 29 heavy (non-hydrogen) atoms. The van der Waals surface area contributed by atoms with Gasteiger partial charge in [-0.3, -0.25) is 14.5 Å². The van der Waals surface area contributed by atoms with Crippen LogP contribution in [0.2, 0.25) is 0 Å². The first-order valence-electron chi connectivity index (χ1n) is 10.5. The minimum atomic E-state index is -0.465. The van der Waals surface area contributed by atoms with Gasteiger partial charge in [0.2, 0.25) is 11.8 Å². The van der Waals surface area contributed by atoms with Crippen LogP contribution >= 0.6 is 0 Å². The maximum atomic E-state index is 12.6. The monoisotopic (exact) mass is 393 g/mol. The van der Waals surface area contributed by atoms with Crippen molar-refractivity contribution in [3.8, 4) is 5.69 Å². The molecule has 3 saturated heterocycles. The topological polar surface area (TPSA) is 84.5 Å². The van der Waals surface area contributed by atoms with E-state index in [0.717, 1.165) is 44.6 Å². The molecule has 0 aliphatic carbocycles. The normalized spacial score (nSPS) is 29.5. The Morgan fingerprint density at radius 3 is 2.79 bits per heavy atom. The summed E-state index contributed by atoms with van der Waals surface area (Å²) in [6, 6.07) is 9.92. The van der Waals surface area contributed by atoms with Gasteiger partial charge in [0, 0.05) is 50.4 Å². The van der Waals surface area contributed by atoms with Crippen molar-refractivity contribution in [2.45, 2.75) is 44.3 Å². The fourth-order valence-corrected chi connectivity index (χ4v) is 5.77. The summed E-state index contributed by atoms with van der Waals surface area (Å²) in [4.78, 5) is 29.2. The van der Waals surface area contributed by atoms with Gasteiger partial charge in [-0.1, -0.05) is 18.2 Å². The van der Waals surface area contributed by atoms with Crippen LogP contribution in [0.5, 0.6) is 0 Å². The molecule has 5 rings (SSSR count). The Bertz CT molecular complexity index is 912. The number of para-hydroxylation sites is 1. The largest absolute Gasteiger partial charge is 0.368 e. The zero-order chi connectivity index (χ0) is 20.0. The fourth-order valence-electron chi connectivity index (χ4n) is 5.77. The van der Waals surface area contributed by atoms with E-state index in [1.54, 1.807) is 6.20 Å². The molecule has 3 aliphatic rings. The third kappa shape index (κ3) is 3.23. The van der Waals surface area contributed by atoms with Gasteiger partial charge in [0.15, 0.2) is 0 Å². The average Bonchev–Trinajstić information content (AvgIpc) is 3.23. The van der Waals surface area contributed by atoms with Gasteiger partial charge in [0.25, 0.3) is 0 Å². The SMILES string of the molecule is NC(=O)[C@H]1[C@H]2C[C@H](CN(Cc3ccccc3-n3cccn3)C2)[C@@H]2CCCC(=O)N21. The van der Waals surface area contributed by atoms with Crippen LogP contribution in [-0.4, -0.2) is 56.6 Å². The number of aromatic nitrogens is 2. The highest BCUT2D eigenvalue weighted by atomic mass is 16.2. The number of primary amides is 1. The Hall–Kier alpha value is -2.67. The van der Waals surface area contributed by atoms with Crippen molar-refractivity contribution in [2.75, 3.05) is 13.1 Å². The van der Waals surface area contributed by atoms with Crippen LogP contribution in [0, 0.1) is 11.8 Å². The van der Waals surface area contributed by atoms with Crippen molar-refractivity contribution in [3.63, 3.8) is 0 Å². The third-order valence-corrected chi connectivity index (χ3v) is 6.85. The van der Waals surface area contributed by atoms with E-state index in [2.05, 4.69) is 28.2 Å². The maximum Gasteiger partial charge on any atom is 0.240 e. The molecule has 2 aromatic rings. The summed E-state index contributed by atoms with van der Waals surface area (Å²) in [5.41, 5.74) is 8.08. The van der Waals surface area contributed by atoms with E-state index in [4.69, 9.17) is 5.73 Å². The minimum absolute atomic E-state index is 0.109. The number of fused-ring (bicyclic) bond motifs is 4. The van der Waals surface area contributed by atoms with Crippen molar-refractivity contribution in [3.05, 3.63) is 48.3 Å². The van der Waals surface area contributed by atoms with E-state index in [0.29, 0.717) is 12.3 Å². The zero-order valence-corrected chi connectivity index (χ0v) is 16.5. The number of hydrogen-bond acceptors (Lipinski definition) is 4. The quantitative estimate of drug-likeness (QED) is 0.854. The van der Waals surface area contributed by atoms with Gasteiger partial charge in [0.1, 0.15) is 6.04 Å². The summed E-state index contributed by atoms with van der Waals surface area (Å²) in [6.45, 7) is 2.53. The van der Waals surface area contributed by atoms with E-state index in [9.17, 15) is 9.59 Å². The number of piperidine rings is 3. The van der Waals surface area contributed by atoms with Gasteiger partial charge >= 0.3 is 0 Å². The fraction of sp³-hybridized carbons (Fsp3) is 0.500. The summed E-state index contributed by atoms with van der Waals surface area (Å²) in [6.07, 6.45) is 7.16. The van der Waals surface area contributed by atoms with Gasteiger partial charge in [-0.15, -0.1) is 0 Å². The molecule has 3 fully saturated rings. The van der Waals surface area contributed by atoms with Crippen LogP contribution < -0.4 is 5.73 Å². The zero-order valence-electron chi connectivity index (χ0n) is 16.5. The predicted octanol–water partition coefficient (Wildman–Crippen LogP) is 1.56. The molecule has 4 heterocycles. The number of carbonyl (C=O) groups excluding carboxylic acids is 2. The lowest BCUT2D eigenvalue weighted by molar-refractivity contribution is -0.159. The van der Waals surface area contributed by atoms with Crippen LogP contribution in [0.4, 0.5) is 0 Å². The summed E-state index contributed by atoms with van der Waals surface area (Å²) in [5.74, 6) is 0.275. The molecule has 2 amide bonds. The predicted molar refractivity (Wildman–Crippen MR) is 108 cm³/mol. The number of benzene rings is 1. The van der Waals surface area contributed by atoms with Crippen LogP contribution in [0.25, 0.3) is 5.69 Å². The third-order valence-electron chi connectivity index (χ3n) is 6.85. The minimum Gasteiger partial charge on any atom is -0.368 e. The smallest absolute Gasteiger partial charge is 0.240 e. The van der Waals surface area contributed by atoms with E-state index < -0.39 is 6.04 Å². The Labute approximate surface area is 170 Å². The lowest BCUT2D eigenvalue weighted by Gasteiger charge is -2.55. The molecule has 0 saturated carbocycles. The molecule has 4 atom stereocenters. The van der Waals surface area contributed by atoms with Crippen LogP contribution in [0.3, 0.4) is 0 Å². The highest BCUT2D eigenvalue weighted by Crippen LogP contribution is 2.42. The second kappa shape index (κ2) is 7.30. The molecule has 0 radical (unpaired) electrons. The van der Waals surface area contributed by atoms with E-state index in [-0.39, 0.29) is 23.8 Å². The highest BCUT2D eigenvalue weighted by Gasteiger charge is 2.51. The maximum absolute atomic E-state index is 12.6. The van der Waals surface area contributed by atoms with Gasteiger partial charge in [0.05, 0.1) is 5.69 Å². The standard InChI is InChI=1S/C22H27N5O2/c23-22(29)21-17-11-16(19-7-3-8-20(28)27(19)21)13-25(14-17)12-15-5-1-2-6-18(15)26-10-4-9-24-26/h1-2,4-6,9-10,16-17,19,21H,3,7-8,11-14H2,(H2,23,29)/t16-,17+,19+,21-/m1/s1. The van der Waals surface area contributed by atoms with E-state index >= 15 is 0 Å². The Balaban J connectivity index is 1.41. The summed E-state index contributed by atoms with van der Waals surface area (Å²) in [7, 11) is 0.